The van der Waals surface area contributed by atoms with E-state index in [4.69, 9.17) is 4.98 Å². The van der Waals surface area contributed by atoms with Crippen molar-refractivity contribution in [1.29, 1.82) is 0 Å². The van der Waals surface area contributed by atoms with Gasteiger partial charge in [0.25, 0.3) is 5.91 Å². The van der Waals surface area contributed by atoms with Gasteiger partial charge in [0, 0.05) is 62.0 Å². The van der Waals surface area contributed by atoms with Crippen molar-refractivity contribution < 1.29 is 4.79 Å². The number of anilines is 1. The first-order valence-electron chi connectivity index (χ1n) is 12.5. The monoisotopic (exact) mass is 475 g/mol. The van der Waals surface area contributed by atoms with Crippen LogP contribution in [0.1, 0.15) is 29.6 Å². The summed E-state index contributed by atoms with van der Waals surface area (Å²) in [7, 11) is 3.55. The Bertz CT molecular complexity index is 1560. The maximum absolute atomic E-state index is 12.7. The predicted octanol–water partition coefficient (Wildman–Crippen LogP) is 5.91. The molecule has 3 heterocycles. The molecule has 3 aromatic carbocycles. The Morgan fingerprint density at radius 3 is 2.33 bits per heavy atom. The first kappa shape index (κ1) is 22.3. The highest BCUT2D eigenvalue weighted by Crippen LogP contribution is 2.33. The van der Waals surface area contributed by atoms with E-state index in [0.717, 1.165) is 51.8 Å². The summed E-state index contributed by atoms with van der Waals surface area (Å²) >= 11 is 0. The van der Waals surface area contributed by atoms with Crippen molar-refractivity contribution in [3.63, 3.8) is 0 Å². The van der Waals surface area contributed by atoms with Crippen LogP contribution in [0.4, 0.5) is 5.69 Å². The van der Waals surface area contributed by atoms with E-state index < -0.39 is 0 Å². The van der Waals surface area contributed by atoms with E-state index in [0.29, 0.717) is 5.56 Å². The molecule has 0 spiro atoms. The fourth-order valence-corrected chi connectivity index (χ4v) is 5.20. The van der Waals surface area contributed by atoms with Crippen molar-refractivity contribution in [3.05, 3.63) is 84.8 Å². The van der Waals surface area contributed by atoms with Gasteiger partial charge in [0.2, 0.25) is 0 Å². The van der Waals surface area contributed by atoms with Gasteiger partial charge >= 0.3 is 0 Å². The SMILES string of the molecule is CN(C)C(=O)c1cccc2c(-c3cnn4cc(-c5ccc(N6CCCCC6)cc5)cnc34)cccc12. The zero-order valence-corrected chi connectivity index (χ0v) is 20.7. The van der Waals surface area contributed by atoms with E-state index in [2.05, 4.69) is 46.4 Å². The molecule has 1 fully saturated rings. The highest BCUT2D eigenvalue weighted by atomic mass is 16.2. The summed E-state index contributed by atoms with van der Waals surface area (Å²) in [6.07, 6.45) is 9.69. The molecule has 2 aromatic heterocycles. The van der Waals surface area contributed by atoms with Crippen LogP contribution >= 0.6 is 0 Å². The lowest BCUT2D eigenvalue weighted by atomic mass is 9.96. The van der Waals surface area contributed by atoms with Gasteiger partial charge in [0.1, 0.15) is 0 Å². The Morgan fingerprint density at radius 1 is 0.806 bits per heavy atom. The Labute approximate surface area is 210 Å². The zero-order chi connectivity index (χ0) is 24.6. The van der Waals surface area contributed by atoms with Gasteiger partial charge in [-0.15, -0.1) is 0 Å². The molecule has 1 aliphatic heterocycles. The number of amides is 1. The van der Waals surface area contributed by atoms with E-state index >= 15 is 0 Å². The fraction of sp³-hybridized carbons (Fsp3) is 0.233. The summed E-state index contributed by atoms with van der Waals surface area (Å²) in [5, 5.41) is 6.58. The first-order valence-corrected chi connectivity index (χ1v) is 12.5. The maximum Gasteiger partial charge on any atom is 0.253 e. The molecule has 0 aliphatic carbocycles. The maximum atomic E-state index is 12.7. The molecule has 36 heavy (non-hydrogen) atoms. The smallest absolute Gasteiger partial charge is 0.253 e. The molecule has 0 bridgehead atoms. The lowest BCUT2D eigenvalue weighted by molar-refractivity contribution is 0.0829. The van der Waals surface area contributed by atoms with Gasteiger partial charge in [-0.1, -0.05) is 42.5 Å². The van der Waals surface area contributed by atoms with Gasteiger partial charge in [0.15, 0.2) is 5.65 Å². The third-order valence-electron chi connectivity index (χ3n) is 7.13. The van der Waals surface area contributed by atoms with Gasteiger partial charge in [-0.25, -0.2) is 9.50 Å². The Kier molecular flexibility index (Phi) is 5.64. The van der Waals surface area contributed by atoms with Crippen molar-refractivity contribution in [3.8, 4) is 22.3 Å². The van der Waals surface area contributed by atoms with E-state index in [1.54, 1.807) is 19.0 Å². The molecular weight excluding hydrogens is 446 g/mol. The highest BCUT2D eigenvalue weighted by Gasteiger charge is 2.17. The zero-order valence-electron chi connectivity index (χ0n) is 20.7. The standard InChI is InChI=1S/C30H29N5O/c1-33(2)30(36)27-11-7-8-24-25(27)9-6-10-26(24)28-19-32-35-20-22(18-31-29(28)35)21-12-14-23(15-13-21)34-16-4-3-5-17-34/h6-15,18-20H,3-5,16-17H2,1-2H3. The van der Waals surface area contributed by atoms with Crippen molar-refractivity contribution in [2.75, 3.05) is 32.1 Å². The predicted molar refractivity (Wildman–Crippen MR) is 145 cm³/mol. The van der Waals surface area contributed by atoms with Crippen LogP contribution < -0.4 is 4.90 Å². The molecule has 1 aliphatic rings. The van der Waals surface area contributed by atoms with Crippen LogP contribution in [0.2, 0.25) is 0 Å². The largest absolute Gasteiger partial charge is 0.372 e. The van der Waals surface area contributed by atoms with Crippen LogP contribution in [0, 0.1) is 0 Å². The topological polar surface area (TPSA) is 53.7 Å². The Balaban J connectivity index is 1.36. The fourth-order valence-electron chi connectivity index (χ4n) is 5.20. The summed E-state index contributed by atoms with van der Waals surface area (Å²) in [6, 6.07) is 20.7. The normalized spacial score (nSPS) is 13.9. The second kappa shape index (κ2) is 9.11. The number of rotatable bonds is 4. The average Bonchev–Trinajstić information content (AvgIpc) is 3.35. The number of fused-ring (bicyclic) bond motifs is 2. The molecule has 5 aromatic rings. The highest BCUT2D eigenvalue weighted by molar-refractivity contribution is 6.11. The van der Waals surface area contributed by atoms with Gasteiger partial charge in [-0.2, -0.15) is 5.10 Å². The molecule has 1 saturated heterocycles. The second-order valence-electron chi connectivity index (χ2n) is 9.67. The van der Waals surface area contributed by atoms with Crippen molar-refractivity contribution in [2.24, 2.45) is 0 Å². The van der Waals surface area contributed by atoms with Crippen LogP contribution in [0.5, 0.6) is 0 Å². The summed E-state index contributed by atoms with van der Waals surface area (Å²) in [4.78, 5) is 21.6. The molecule has 0 N–H and O–H groups in total. The number of carbonyl (C=O) groups excluding carboxylic acids is 1. The van der Waals surface area contributed by atoms with Gasteiger partial charge in [-0.05, 0) is 59.4 Å². The van der Waals surface area contributed by atoms with Crippen LogP contribution in [0.15, 0.2) is 79.3 Å². The first-order chi connectivity index (χ1) is 17.6. The quantitative estimate of drug-likeness (QED) is 0.324. The summed E-state index contributed by atoms with van der Waals surface area (Å²) < 4.78 is 1.84. The minimum Gasteiger partial charge on any atom is -0.372 e. The molecule has 1 amide bonds. The molecule has 6 rings (SSSR count). The van der Waals surface area contributed by atoms with Crippen molar-refractivity contribution >= 4 is 28.0 Å². The number of hydrogen-bond donors (Lipinski definition) is 0. The van der Waals surface area contributed by atoms with E-state index in [-0.39, 0.29) is 5.91 Å². The number of hydrogen-bond acceptors (Lipinski definition) is 4. The molecule has 0 atom stereocenters. The molecule has 6 nitrogen and oxygen atoms in total. The minimum atomic E-state index is -0.00770. The third kappa shape index (κ3) is 3.88. The summed E-state index contributed by atoms with van der Waals surface area (Å²) in [5.41, 5.74) is 6.89. The minimum absolute atomic E-state index is 0.00770. The number of nitrogens with zero attached hydrogens (tertiary/aromatic N) is 5. The van der Waals surface area contributed by atoms with E-state index in [1.165, 1.54) is 24.9 Å². The molecule has 6 heteroatoms. The molecule has 0 saturated carbocycles. The van der Waals surface area contributed by atoms with Gasteiger partial charge in [0.05, 0.1) is 6.20 Å². The number of piperidine rings is 1. The van der Waals surface area contributed by atoms with Crippen LogP contribution in [0.3, 0.4) is 0 Å². The third-order valence-corrected chi connectivity index (χ3v) is 7.13. The number of benzene rings is 3. The number of carbonyl (C=O) groups is 1. The van der Waals surface area contributed by atoms with Crippen molar-refractivity contribution in [1.82, 2.24) is 19.5 Å². The Morgan fingerprint density at radius 2 is 1.56 bits per heavy atom. The Hall–Kier alpha value is -4.19. The molecule has 0 radical (unpaired) electrons. The van der Waals surface area contributed by atoms with E-state index in [9.17, 15) is 4.79 Å². The average molecular weight is 476 g/mol. The molecule has 180 valence electrons. The van der Waals surface area contributed by atoms with Gasteiger partial charge < -0.3 is 9.80 Å². The molecule has 0 unspecified atom stereocenters. The lowest BCUT2D eigenvalue weighted by Gasteiger charge is -2.28. The van der Waals surface area contributed by atoms with Crippen LogP contribution in [0.25, 0.3) is 38.7 Å². The van der Waals surface area contributed by atoms with Crippen LogP contribution in [-0.4, -0.2) is 52.6 Å². The van der Waals surface area contributed by atoms with Crippen molar-refractivity contribution in [2.45, 2.75) is 19.3 Å². The summed E-state index contributed by atoms with van der Waals surface area (Å²) in [6.45, 7) is 2.28. The van der Waals surface area contributed by atoms with Crippen LogP contribution in [-0.2, 0) is 0 Å². The number of aromatic nitrogens is 3. The molecular formula is C30H29N5O. The summed E-state index contributed by atoms with van der Waals surface area (Å²) in [5.74, 6) is -0.00770. The van der Waals surface area contributed by atoms with E-state index in [1.807, 2.05) is 47.4 Å². The second-order valence-corrected chi connectivity index (χ2v) is 9.67. The lowest BCUT2D eigenvalue weighted by Crippen LogP contribution is -2.29. The van der Waals surface area contributed by atoms with Gasteiger partial charge in [-0.3, -0.25) is 4.79 Å².